The fourth-order valence-electron chi connectivity index (χ4n) is 3.87. The van der Waals surface area contributed by atoms with Gasteiger partial charge in [0.05, 0.1) is 18.2 Å². The number of hydrogen-bond donors (Lipinski definition) is 0. The van der Waals surface area contributed by atoms with Crippen LogP contribution in [0.25, 0.3) is 17.1 Å². The van der Waals surface area contributed by atoms with Crippen LogP contribution in [0.5, 0.6) is 0 Å². The van der Waals surface area contributed by atoms with Gasteiger partial charge in [0.1, 0.15) is 0 Å². The quantitative estimate of drug-likeness (QED) is 0.591. The third kappa shape index (κ3) is 4.50. The molecule has 2 aromatic carbocycles. The summed E-state index contributed by atoms with van der Waals surface area (Å²) in [5, 5.41) is 4.58. The second kappa shape index (κ2) is 9.12. The zero-order valence-corrected chi connectivity index (χ0v) is 17.8. The summed E-state index contributed by atoms with van der Waals surface area (Å²) in [6, 6.07) is 17.6. The smallest absolute Gasteiger partial charge is 0.310 e. The summed E-state index contributed by atoms with van der Waals surface area (Å²) >= 11 is 0. The summed E-state index contributed by atoms with van der Waals surface area (Å²) < 4.78 is 6.86. The normalized spacial score (nSPS) is 16.2. The molecule has 3 aromatic rings. The maximum Gasteiger partial charge on any atom is 0.310 e. The van der Waals surface area contributed by atoms with E-state index in [9.17, 15) is 9.59 Å². The van der Waals surface area contributed by atoms with Crippen molar-refractivity contribution in [1.82, 2.24) is 19.7 Å². The number of benzene rings is 2. The number of esters is 1. The Morgan fingerprint density at radius 2 is 1.94 bits per heavy atom. The first kappa shape index (κ1) is 20.8. The average Bonchev–Trinajstić information content (AvgIpc) is 3.25. The second-order valence-electron chi connectivity index (χ2n) is 7.72. The summed E-state index contributed by atoms with van der Waals surface area (Å²) in [5.74, 6) is -0.0794. The van der Waals surface area contributed by atoms with Gasteiger partial charge in [-0.3, -0.25) is 9.59 Å². The molecule has 0 spiro atoms. The zero-order valence-electron chi connectivity index (χ0n) is 17.8. The van der Waals surface area contributed by atoms with E-state index in [4.69, 9.17) is 4.74 Å². The average molecular weight is 418 g/mol. The number of rotatable bonds is 5. The number of carbonyl (C=O) groups excluding carboxylic acids is 2. The maximum absolute atomic E-state index is 13.3. The molecule has 1 aromatic heterocycles. The first-order valence-corrected chi connectivity index (χ1v) is 10.6. The maximum atomic E-state index is 13.3. The van der Waals surface area contributed by atoms with Crippen molar-refractivity contribution in [3.05, 3.63) is 66.0 Å². The van der Waals surface area contributed by atoms with Gasteiger partial charge in [-0.15, -0.1) is 5.10 Å². The van der Waals surface area contributed by atoms with Crippen molar-refractivity contribution >= 4 is 11.9 Å². The molecule has 1 unspecified atom stereocenters. The number of aromatic nitrogens is 3. The number of carbonyl (C=O) groups is 2. The molecule has 1 fully saturated rings. The first-order valence-electron chi connectivity index (χ1n) is 10.6. The molecular formula is C24H26N4O3. The van der Waals surface area contributed by atoms with Gasteiger partial charge < -0.3 is 9.64 Å². The molecule has 0 bridgehead atoms. The third-order valence-electron chi connectivity index (χ3n) is 5.41. The van der Waals surface area contributed by atoms with Crippen molar-refractivity contribution in [2.45, 2.75) is 26.7 Å². The Kier molecular flexibility index (Phi) is 6.11. The molecule has 2 heterocycles. The summed E-state index contributed by atoms with van der Waals surface area (Å²) in [7, 11) is 0. The van der Waals surface area contributed by atoms with Crippen LogP contribution >= 0.6 is 0 Å². The van der Waals surface area contributed by atoms with Crippen LogP contribution in [0.3, 0.4) is 0 Å². The predicted molar refractivity (Wildman–Crippen MR) is 117 cm³/mol. The fraction of sp³-hybridized carbons (Fsp3) is 0.333. The molecule has 31 heavy (non-hydrogen) atoms. The fourth-order valence-corrected chi connectivity index (χ4v) is 3.87. The Balaban J connectivity index is 1.67. The van der Waals surface area contributed by atoms with Crippen LogP contribution in [0.4, 0.5) is 0 Å². The van der Waals surface area contributed by atoms with Crippen molar-refractivity contribution in [2.24, 2.45) is 5.92 Å². The lowest BCUT2D eigenvalue weighted by Gasteiger charge is -2.30. The van der Waals surface area contributed by atoms with Gasteiger partial charge in [0, 0.05) is 18.7 Å². The molecule has 0 radical (unpaired) electrons. The van der Waals surface area contributed by atoms with Gasteiger partial charge >= 0.3 is 5.97 Å². The van der Waals surface area contributed by atoms with Gasteiger partial charge in [0.25, 0.3) is 5.91 Å². The number of aryl methyl sites for hydroxylation is 1. The molecule has 7 nitrogen and oxygen atoms in total. The van der Waals surface area contributed by atoms with E-state index < -0.39 is 0 Å². The Labute approximate surface area is 181 Å². The first-order chi connectivity index (χ1) is 15.1. The van der Waals surface area contributed by atoms with E-state index in [1.54, 1.807) is 16.5 Å². The largest absolute Gasteiger partial charge is 0.466 e. The lowest BCUT2D eigenvalue weighted by atomic mass is 9.98. The van der Waals surface area contributed by atoms with Crippen molar-refractivity contribution in [2.75, 3.05) is 19.7 Å². The second-order valence-corrected chi connectivity index (χ2v) is 7.72. The van der Waals surface area contributed by atoms with E-state index in [0.717, 1.165) is 29.7 Å². The third-order valence-corrected chi connectivity index (χ3v) is 5.41. The summed E-state index contributed by atoms with van der Waals surface area (Å²) in [4.78, 5) is 31.7. The van der Waals surface area contributed by atoms with Crippen molar-refractivity contribution < 1.29 is 14.3 Å². The van der Waals surface area contributed by atoms with Crippen LogP contribution < -0.4 is 0 Å². The highest BCUT2D eigenvalue weighted by atomic mass is 16.5. The molecule has 7 heteroatoms. The highest BCUT2D eigenvalue weighted by Gasteiger charge is 2.32. The van der Waals surface area contributed by atoms with E-state index >= 15 is 0 Å². The van der Waals surface area contributed by atoms with Crippen molar-refractivity contribution in [1.29, 1.82) is 0 Å². The Morgan fingerprint density at radius 3 is 2.68 bits per heavy atom. The molecule has 160 valence electrons. The van der Waals surface area contributed by atoms with Crippen LogP contribution in [0, 0.1) is 12.8 Å². The molecule has 1 amide bonds. The lowest BCUT2D eigenvalue weighted by Crippen LogP contribution is -2.43. The Morgan fingerprint density at radius 1 is 1.13 bits per heavy atom. The number of piperidine rings is 1. The molecule has 1 saturated heterocycles. The molecule has 1 atom stereocenters. The highest BCUT2D eigenvalue weighted by molar-refractivity contribution is 5.91. The molecule has 1 aliphatic rings. The van der Waals surface area contributed by atoms with E-state index in [2.05, 4.69) is 10.1 Å². The topological polar surface area (TPSA) is 77.3 Å². The lowest BCUT2D eigenvalue weighted by molar-refractivity contribution is -0.149. The van der Waals surface area contributed by atoms with Gasteiger partial charge in [0.2, 0.25) is 5.82 Å². The van der Waals surface area contributed by atoms with Crippen molar-refractivity contribution in [3.63, 3.8) is 0 Å². The van der Waals surface area contributed by atoms with Gasteiger partial charge in [0.15, 0.2) is 5.82 Å². The van der Waals surface area contributed by atoms with Crippen LogP contribution in [-0.4, -0.2) is 51.2 Å². The molecular weight excluding hydrogens is 392 g/mol. The number of likely N-dealkylation sites (tertiary alicyclic amines) is 1. The van der Waals surface area contributed by atoms with Crippen LogP contribution in [0.1, 0.15) is 35.9 Å². The minimum Gasteiger partial charge on any atom is -0.466 e. The summed E-state index contributed by atoms with van der Waals surface area (Å²) in [6.07, 6.45) is 1.47. The van der Waals surface area contributed by atoms with Gasteiger partial charge in [-0.25, -0.2) is 9.67 Å². The van der Waals surface area contributed by atoms with E-state index in [1.807, 2.05) is 61.5 Å². The Hall–Kier alpha value is -3.48. The minimum absolute atomic E-state index is 0.130. The molecule has 4 rings (SSSR count). The van der Waals surface area contributed by atoms with E-state index in [-0.39, 0.29) is 23.6 Å². The molecule has 1 aliphatic heterocycles. The molecule has 0 aliphatic carbocycles. The van der Waals surface area contributed by atoms with Gasteiger partial charge in [-0.05, 0) is 44.4 Å². The van der Waals surface area contributed by atoms with Crippen LogP contribution in [0.15, 0.2) is 54.6 Å². The number of nitrogens with zero attached hydrogens (tertiary/aromatic N) is 4. The van der Waals surface area contributed by atoms with Gasteiger partial charge in [-0.2, -0.15) is 0 Å². The van der Waals surface area contributed by atoms with Crippen LogP contribution in [-0.2, 0) is 9.53 Å². The SMILES string of the molecule is CCOC(=O)C1CCCN(C(=O)c2nc(-c3ccccc3)n(-c3cccc(C)c3)n2)C1. The summed E-state index contributed by atoms with van der Waals surface area (Å²) in [5.41, 5.74) is 2.81. The van der Waals surface area contributed by atoms with Gasteiger partial charge in [-0.1, -0.05) is 42.5 Å². The van der Waals surface area contributed by atoms with Crippen LogP contribution in [0.2, 0.25) is 0 Å². The number of amides is 1. The molecule has 0 N–H and O–H groups in total. The van der Waals surface area contributed by atoms with Crippen molar-refractivity contribution in [3.8, 4) is 17.1 Å². The Bertz CT molecular complexity index is 1080. The number of hydrogen-bond acceptors (Lipinski definition) is 5. The van der Waals surface area contributed by atoms with E-state index in [1.165, 1.54) is 0 Å². The highest BCUT2D eigenvalue weighted by Crippen LogP contribution is 2.24. The standard InChI is InChI=1S/C24H26N4O3/c1-3-31-24(30)19-12-8-14-27(16-19)23(29)21-25-22(18-10-5-4-6-11-18)28(26-21)20-13-7-9-17(2)15-20/h4-7,9-11,13,15,19H,3,8,12,14,16H2,1-2H3. The summed E-state index contributed by atoms with van der Waals surface area (Å²) in [6.45, 7) is 5.05. The number of ether oxygens (including phenoxy) is 1. The van der Waals surface area contributed by atoms with E-state index in [0.29, 0.717) is 25.5 Å². The minimum atomic E-state index is -0.301. The zero-order chi connectivity index (χ0) is 21.8. The molecule has 0 saturated carbocycles. The monoisotopic (exact) mass is 418 g/mol. The predicted octanol–water partition coefficient (Wildman–Crippen LogP) is 3.66.